The van der Waals surface area contributed by atoms with Crippen LogP contribution in [0.3, 0.4) is 0 Å². The van der Waals surface area contributed by atoms with Crippen LogP contribution in [0.4, 0.5) is 11.4 Å². The maximum absolute atomic E-state index is 11.5. The summed E-state index contributed by atoms with van der Waals surface area (Å²) in [6.45, 7) is 0. The first kappa shape index (κ1) is 21.9. The van der Waals surface area contributed by atoms with Gasteiger partial charge in [-0.15, -0.1) is 23.4 Å². The van der Waals surface area contributed by atoms with Gasteiger partial charge in [-0.25, -0.2) is 0 Å². The van der Waals surface area contributed by atoms with Crippen molar-refractivity contribution in [2.24, 2.45) is 5.92 Å². The fourth-order valence-corrected chi connectivity index (χ4v) is 7.51. The molecule has 0 aromatic heterocycles. The summed E-state index contributed by atoms with van der Waals surface area (Å²) >= 11 is 21.6. The van der Waals surface area contributed by atoms with Crippen molar-refractivity contribution in [2.45, 2.75) is 33.9 Å². The van der Waals surface area contributed by atoms with Crippen molar-refractivity contribution < 1.29 is 4.92 Å². The quantitative estimate of drug-likeness (QED) is 0.222. The number of nitro groups is 1. The summed E-state index contributed by atoms with van der Waals surface area (Å²) in [6, 6.07) is 20.8. The second kappa shape index (κ2) is 8.79. The lowest BCUT2D eigenvalue weighted by Gasteiger charge is -2.39. The number of hydrogen-bond acceptors (Lipinski definition) is 4. The number of nitrogens with zero attached hydrogens (tertiary/aromatic N) is 1. The molecule has 1 saturated carbocycles. The molecule has 164 valence electrons. The Balaban J connectivity index is 1.56. The summed E-state index contributed by atoms with van der Waals surface area (Å²) in [5, 5.41) is 16.1. The first-order chi connectivity index (χ1) is 15.4. The lowest BCUT2D eigenvalue weighted by atomic mass is 9.77. The molecule has 0 unspecified atom stereocenters. The predicted molar refractivity (Wildman–Crippen MR) is 132 cm³/mol. The average Bonchev–Trinajstić information content (AvgIpc) is 3.10. The van der Waals surface area contributed by atoms with Crippen LogP contribution >= 0.6 is 46.6 Å². The number of nitro benzene ring substituents is 1. The highest BCUT2D eigenvalue weighted by molar-refractivity contribution is 8.00. The Morgan fingerprint density at radius 2 is 1.75 bits per heavy atom. The lowest BCUT2D eigenvalue weighted by molar-refractivity contribution is -0.387. The normalized spacial score (nSPS) is 26.2. The zero-order valence-electron chi connectivity index (χ0n) is 16.8. The van der Waals surface area contributed by atoms with Gasteiger partial charge in [0.2, 0.25) is 0 Å². The van der Waals surface area contributed by atoms with Crippen LogP contribution in [-0.2, 0) is 0 Å². The number of hydrogen-bond donors (Lipinski definition) is 1. The maximum Gasteiger partial charge on any atom is 0.282 e. The van der Waals surface area contributed by atoms with Gasteiger partial charge in [0.25, 0.3) is 5.69 Å². The van der Waals surface area contributed by atoms with Crippen LogP contribution < -0.4 is 5.32 Å². The standard InChI is InChI=1S/C24H19Cl3N2O2S/c25-14-10-15-21-16(23(13-6-2-1-3-7-13)28-24(15)17(26)11-14)12-20(22(21)27)32-19-9-5-4-8-18(19)29(30)31/h1-11,16,20-23,28H,12H2/t16-,20+,21+,22+,23-/m0/s1. The summed E-state index contributed by atoms with van der Waals surface area (Å²) in [4.78, 5) is 11.8. The van der Waals surface area contributed by atoms with Crippen molar-refractivity contribution in [3.05, 3.63) is 98.0 Å². The number of halogens is 3. The fourth-order valence-electron chi connectivity index (χ4n) is 5.00. The molecule has 1 aliphatic heterocycles. The third-order valence-electron chi connectivity index (χ3n) is 6.34. The molecular weight excluding hydrogens is 487 g/mol. The monoisotopic (exact) mass is 504 g/mol. The van der Waals surface area contributed by atoms with E-state index < -0.39 is 0 Å². The van der Waals surface area contributed by atoms with E-state index in [9.17, 15) is 10.1 Å². The van der Waals surface area contributed by atoms with Gasteiger partial charge >= 0.3 is 0 Å². The van der Waals surface area contributed by atoms with Crippen molar-refractivity contribution in [3.8, 4) is 0 Å². The molecule has 2 aliphatic rings. The minimum atomic E-state index is -0.337. The van der Waals surface area contributed by atoms with E-state index in [-0.39, 0.29) is 39.1 Å². The molecule has 3 aromatic rings. The van der Waals surface area contributed by atoms with Gasteiger partial charge < -0.3 is 5.32 Å². The molecule has 0 spiro atoms. The van der Waals surface area contributed by atoms with Gasteiger partial charge in [-0.2, -0.15) is 0 Å². The van der Waals surface area contributed by atoms with Gasteiger partial charge in [-0.1, -0.05) is 65.7 Å². The second-order valence-electron chi connectivity index (χ2n) is 8.14. The molecule has 0 amide bonds. The maximum atomic E-state index is 11.5. The number of anilines is 1. The van der Waals surface area contributed by atoms with Crippen molar-refractivity contribution in [3.63, 3.8) is 0 Å². The van der Waals surface area contributed by atoms with Crippen molar-refractivity contribution in [1.82, 2.24) is 0 Å². The molecule has 1 heterocycles. The number of para-hydroxylation sites is 1. The summed E-state index contributed by atoms with van der Waals surface area (Å²) in [7, 11) is 0. The van der Waals surface area contributed by atoms with Crippen LogP contribution in [0.5, 0.6) is 0 Å². The van der Waals surface area contributed by atoms with Gasteiger partial charge in [-0.3, -0.25) is 10.1 Å². The molecule has 32 heavy (non-hydrogen) atoms. The average molecular weight is 506 g/mol. The first-order valence-corrected chi connectivity index (χ1v) is 12.4. The van der Waals surface area contributed by atoms with Crippen LogP contribution in [0.1, 0.15) is 29.5 Å². The molecule has 1 N–H and O–H groups in total. The molecule has 4 nitrogen and oxygen atoms in total. The van der Waals surface area contributed by atoms with Gasteiger partial charge in [0.1, 0.15) is 0 Å². The zero-order chi connectivity index (χ0) is 22.4. The fraction of sp³-hybridized carbons (Fsp3) is 0.250. The summed E-state index contributed by atoms with van der Waals surface area (Å²) in [6.07, 6.45) is 0.811. The van der Waals surface area contributed by atoms with E-state index in [1.165, 1.54) is 23.4 Å². The van der Waals surface area contributed by atoms with E-state index in [4.69, 9.17) is 34.8 Å². The number of alkyl halides is 1. The number of rotatable bonds is 4. The Morgan fingerprint density at radius 3 is 2.50 bits per heavy atom. The lowest BCUT2D eigenvalue weighted by Crippen LogP contribution is -2.31. The molecular formula is C24H19Cl3N2O2S. The molecule has 5 rings (SSSR count). The molecule has 0 radical (unpaired) electrons. The molecule has 0 saturated heterocycles. The number of benzene rings is 3. The van der Waals surface area contributed by atoms with Crippen LogP contribution in [0, 0.1) is 16.0 Å². The van der Waals surface area contributed by atoms with E-state index >= 15 is 0 Å². The Hall–Kier alpha value is -1.92. The van der Waals surface area contributed by atoms with Crippen LogP contribution in [0.15, 0.2) is 71.6 Å². The molecule has 3 aromatic carbocycles. The second-order valence-corrected chi connectivity index (χ2v) is 10.8. The highest BCUT2D eigenvalue weighted by atomic mass is 35.5. The SMILES string of the molecule is O=[N+]([O-])c1ccccc1S[C@@H]1C[C@H]2[C@@H](c3cc(Cl)cc(Cl)c3N[C@H]2c2ccccc2)[C@@H]1Cl. The Kier molecular flexibility index (Phi) is 6.01. The van der Waals surface area contributed by atoms with E-state index in [2.05, 4.69) is 17.4 Å². The van der Waals surface area contributed by atoms with Crippen LogP contribution in [0.2, 0.25) is 10.0 Å². The Labute approximate surface area is 205 Å². The third kappa shape index (κ3) is 3.86. The van der Waals surface area contributed by atoms with E-state index in [1.807, 2.05) is 30.3 Å². The number of thioether (sulfide) groups is 1. The summed E-state index contributed by atoms with van der Waals surface area (Å²) in [5.74, 6) is 0.219. The molecule has 1 fully saturated rings. The number of fused-ring (bicyclic) bond motifs is 3. The first-order valence-electron chi connectivity index (χ1n) is 10.3. The van der Waals surface area contributed by atoms with E-state index in [0.29, 0.717) is 14.9 Å². The van der Waals surface area contributed by atoms with Gasteiger partial charge in [0, 0.05) is 22.3 Å². The van der Waals surface area contributed by atoms with Crippen molar-refractivity contribution >= 4 is 57.9 Å². The van der Waals surface area contributed by atoms with Crippen LogP contribution in [-0.4, -0.2) is 15.6 Å². The highest BCUT2D eigenvalue weighted by Crippen LogP contribution is 2.59. The smallest absolute Gasteiger partial charge is 0.282 e. The van der Waals surface area contributed by atoms with Gasteiger partial charge in [0.05, 0.1) is 31.9 Å². The minimum absolute atomic E-state index is 0.00415. The van der Waals surface area contributed by atoms with Crippen LogP contribution in [0.25, 0.3) is 0 Å². The van der Waals surface area contributed by atoms with Gasteiger partial charge in [-0.05, 0) is 41.7 Å². The topological polar surface area (TPSA) is 55.2 Å². The molecule has 8 heteroatoms. The Morgan fingerprint density at radius 1 is 1.03 bits per heavy atom. The minimum Gasteiger partial charge on any atom is -0.376 e. The zero-order valence-corrected chi connectivity index (χ0v) is 19.8. The van der Waals surface area contributed by atoms with Crippen molar-refractivity contribution in [2.75, 3.05) is 5.32 Å². The largest absolute Gasteiger partial charge is 0.376 e. The van der Waals surface area contributed by atoms with Gasteiger partial charge in [0.15, 0.2) is 0 Å². The Bertz CT molecular complexity index is 1180. The predicted octanol–water partition coefficient (Wildman–Crippen LogP) is 7.94. The molecule has 1 aliphatic carbocycles. The number of nitrogens with one attached hydrogen (secondary N) is 1. The van der Waals surface area contributed by atoms with Crippen molar-refractivity contribution in [1.29, 1.82) is 0 Å². The third-order valence-corrected chi connectivity index (χ3v) is 8.96. The molecule has 0 bridgehead atoms. The highest BCUT2D eigenvalue weighted by Gasteiger charge is 2.50. The van der Waals surface area contributed by atoms with E-state index in [0.717, 1.165) is 17.7 Å². The summed E-state index contributed by atoms with van der Waals surface area (Å²) < 4.78 is 0. The molecule has 5 atom stereocenters. The summed E-state index contributed by atoms with van der Waals surface area (Å²) in [5.41, 5.74) is 3.17. The van der Waals surface area contributed by atoms with E-state index in [1.54, 1.807) is 18.2 Å².